The average molecular weight is 219 g/mol. The molecule has 0 aliphatic carbocycles. The van der Waals surface area contributed by atoms with Gasteiger partial charge in [0, 0.05) is 17.1 Å². The van der Waals surface area contributed by atoms with E-state index in [9.17, 15) is 0 Å². The largest absolute Gasteiger partial charge is 0.330 e. The molecule has 0 spiro atoms. The Morgan fingerprint density at radius 1 is 1.33 bits per heavy atom. The van der Waals surface area contributed by atoms with E-state index in [4.69, 9.17) is 12.2 Å². The molecule has 0 amide bonds. The first-order valence-electron chi connectivity index (χ1n) is 5.36. The number of fused-ring (bicyclic) bond motifs is 1. The Hall–Kier alpha value is -0.890. The number of para-hydroxylation sites is 1. The first-order valence-corrected chi connectivity index (χ1v) is 5.77. The molecule has 0 saturated carbocycles. The number of hydrogen-bond donors (Lipinski definition) is 0. The molecule has 0 saturated heterocycles. The van der Waals surface area contributed by atoms with Crippen molar-refractivity contribution in [2.24, 2.45) is 0 Å². The van der Waals surface area contributed by atoms with Crippen LogP contribution in [0.25, 0.3) is 0 Å². The average Bonchev–Trinajstić information content (AvgIpc) is 2.35. The predicted molar refractivity (Wildman–Crippen MR) is 69.7 cm³/mol. The fourth-order valence-corrected chi connectivity index (χ4v) is 2.85. The molecule has 1 aromatic rings. The fourth-order valence-electron chi connectivity index (χ4n) is 2.52. The van der Waals surface area contributed by atoms with Gasteiger partial charge in [-0.25, -0.2) is 0 Å². The van der Waals surface area contributed by atoms with Gasteiger partial charge in [0.2, 0.25) is 0 Å². The third-order valence-corrected chi connectivity index (χ3v) is 3.78. The van der Waals surface area contributed by atoms with Crippen molar-refractivity contribution in [1.82, 2.24) is 0 Å². The van der Waals surface area contributed by atoms with Gasteiger partial charge in [0.1, 0.15) is 0 Å². The number of benzene rings is 1. The lowest BCUT2D eigenvalue weighted by atomic mass is 9.87. The maximum Gasteiger partial charge on any atom is 0.0797 e. The SMILES string of the molecule is CC(=S)N1c2ccccc2C(C)C1(C)C. The lowest BCUT2D eigenvalue weighted by Gasteiger charge is -2.36. The number of rotatable bonds is 0. The Labute approximate surface area is 97.1 Å². The quantitative estimate of drug-likeness (QED) is 0.612. The topological polar surface area (TPSA) is 3.24 Å². The van der Waals surface area contributed by atoms with E-state index in [0.717, 1.165) is 4.99 Å². The Morgan fingerprint density at radius 3 is 2.53 bits per heavy atom. The molecule has 1 atom stereocenters. The van der Waals surface area contributed by atoms with Crippen LogP contribution >= 0.6 is 12.2 Å². The van der Waals surface area contributed by atoms with Gasteiger partial charge in [0.25, 0.3) is 0 Å². The molecule has 1 heterocycles. The van der Waals surface area contributed by atoms with Crippen LogP contribution in [0.2, 0.25) is 0 Å². The van der Waals surface area contributed by atoms with E-state index < -0.39 is 0 Å². The van der Waals surface area contributed by atoms with Crippen molar-refractivity contribution in [3.63, 3.8) is 0 Å². The highest BCUT2D eigenvalue weighted by Gasteiger charge is 2.42. The molecule has 2 rings (SSSR count). The van der Waals surface area contributed by atoms with Crippen molar-refractivity contribution in [3.8, 4) is 0 Å². The summed E-state index contributed by atoms with van der Waals surface area (Å²) in [7, 11) is 0. The molecule has 0 aromatic heterocycles. The van der Waals surface area contributed by atoms with Crippen LogP contribution in [0.4, 0.5) is 5.69 Å². The zero-order chi connectivity index (χ0) is 11.2. The van der Waals surface area contributed by atoms with Gasteiger partial charge in [0.05, 0.1) is 4.99 Å². The number of hydrogen-bond acceptors (Lipinski definition) is 1. The standard InChI is InChI=1S/C13H17NS/c1-9-11-7-5-6-8-12(11)14(10(2)15)13(9,3)4/h5-9H,1-4H3. The molecule has 0 N–H and O–H groups in total. The van der Waals surface area contributed by atoms with Gasteiger partial charge in [-0.3, -0.25) is 0 Å². The Balaban J connectivity index is 2.61. The van der Waals surface area contributed by atoms with Crippen LogP contribution in [0.3, 0.4) is 0 Å². The summed E-state index contributed by atoms with van der Waals surface area (Å²) < 4.78 is 0. The van der Waals surface area contributed by atoms with Crippen molar-refractivity contribution in [1.29, 1.82) is 0 Å². The van der Waals surface area contributed by atoms with Crippen LogP contribution in [0.1, 0.15) is 39.2 Å². The monoisotopic (exact) mass is 219 g/mol. The normalized spacial score (nSPS) is 22.7. The first-order chi connectivity index (χ1) is 6.96. The smallest absolute Gasteiger partial charge is 0.0797 e. The minimum absolute atomic E-state index is 0.0928. The molecule has 0 bridgehead atoms. The van der Waals surface area contributed by atoms with Crippen molar-refractivity contribution < 1.29 is 0 Å². The summed E-state index contributed by atoms with van der Waals surface area (Å²) in [6.07, 6.45) is 0. The predicted octanol–water partition coefficient (Wildman–Crippen LogP) is 3.74. The highest BCUT2D eigenvalue weighted by atomic mass is 32.1. The van der Waals surface area contributed by atoms with Crippen LogP contribution in [0, 0.1) is 0 Å². The van der Waals surface area contributed by atoms with Crippen LogP contribution in [0.5, 0.6) is 0 Å². The van der Waals surface area contributed by atoms with Gasteiger partial charge < -0.3 is 4.90 Å². The molecule has 0 fully saturated rings. The van der Waals surface area contributed by atoms with Crippen LogP contribution in [-0.2, 0) is 0 Å². The number of thiocarbonyl (C=S) groups is 1. The fraction of sp³-hybridized carbons (Fsp3) is 0.462. The highest BCUT2D eigenvalue weighted by Crippen LogP contribution is 2.47. The Bertz CT molecular complexity index is 409. The van der Waals surface area contributed by atoms with E-state index in [2.05, 4.69) is 49.9 Å². The van der Waals surface area contributed by atoms with Crippen molar-refractivity contribution in [2.45, 2.75) is 39.2 Å². The molecule has 1 nitrogen and oxygen atoms in total. The second kappa shape index (κ2) is 3.31. The first kappa shape index (κ1) is 10.6. The maximum absolute atomic E-state index is 5.36. The lowest BCUT2D eigenvalue weighted by molar-refractivity contribution is 0.465. The van der Waals surface area contributed by atoms with E-state index >= 15 is 0 Å². The van der Waals surface area contributed by atoms with E-state index in [1.807, 2.05) is 6.92 Å². The van der Waals surface area contributed by atoms with Crippen molar-refractivity contribution in [2.75, 3.05) is 4.90 Å². The summed E-state index contributed by atoms with van der Waals surface area (Å²) in [4.78, 5) is 3.24. The van der Waals surface area contributed by atoms with Crippen molar-refractivity contribution in [3.05, 3.63) is 29.8 Å². The van der Waals surface area contributed by atoms with Gasteiger partial charge in [-0.2, -0.15) is 0 Å². The highest BCUT2D eigenvalue weighted by molar-refractivity contribution is 7.80. The Morgan fingerprint density at radius 2 is 1.93 bits per heavy atom. The zero-order valence-corrected chi connectivity index (χ0v) is 10.6. The Kier molecular flexibility index (Phi) is 2.34. The third-order valence-electron chi connectivity index (χ3n) is 3.60. The molecular weight excluding hydrogens is 202 g/mol. The minimum Gasteiger partial charge on any atom is -0.330 e. The molecule has 1 aliphatic heterocycles. The second-order valence-electron chi connectivity index (χ2n) is 4.79. The molecule has 0 radical (unpaired) electrons. The van der Waals surface area contributed by atoms with Crippen LogP contribution in [0.15, 0.2) is 24.3 Å². The summed E-state index contributed by atoms with van der Waals surface area (Å²) in [6, 6.07) is 8.56. The molecule has 1 unspecified atom stereocenters. The molecule has 2 heteroatoms. The van der Waals surface area contributed by atoms with Gasteiger partial charge >= 0.3 is 0 Å². The summed E-state index contributed by atoms with van der Waals surface area (Å²) in [6.45, 7) is 8.80. The van der Waals surface area contributed by atoms with Gasteiger partial charge in [0.15, 0.2) is 0 Å². The summed E-state index contributed by atoms with van der Waals surface area (Å²) >= 11 is 5.36. The molecule has 1 aromatic carbocycles. The van der Waals surface area contributed by atoms with E-state index in [0.29, 0.717) is 5.92 Å². The molecule has 15 heavy (non-hydrogen) atoms. The number of anilines is 1. The van der Waals surface area contributed by atoms with Crippen LogP contribution < -0.4 is 4.90 Å². The van der Waals surface area contributed by atoms with E-state index in [1.165, 1.54) is 11.3 Å². The maximum atomic E-state index is 5.36. The third kappa shape index (κ3) is 1.39. The van der Waals surface area contributed by atoms with Crippen molar-refractivity contribution >= 4 is 22.9 Å². The molecular formula is C13H17NS. The van der Waals surface area contributed by atoms with Gasteiger partial charge in [-0.05, 0) is 32.4 Å². The van der Waals surface area contributed by atoms with Gasteiger partial charge in [-0.15, -0.1) is 0 Å². The summed E-state index contributed by atoms with van der Waals surface area (Å²) in [5.41, 5.74) is 2.78. The summed E-state index contributed by atoms with van der Waals surface area (Å²) in [5, 5.41) is 0. The van der Waals surface area contributed by atoms with E-state index in [1.54, 1.807) is 0 Å². The van der Waals surface area contributed by atoms with E-state index in [-0.39, 0.29) is 5.54 Å². The van der Waals surface area contributed by atoms with Gasteiger partial charge in [-0.1, -0.05) is 37.3 Å². The lowest BCUT2D eigenvalue weighted by Crippen LogP contribution is -2.45. The molecule has 1 aliphatic rings. The summed E-state index contributed by atoms with van der Waals surface area (Å²) in [5.74, 6) is 0.520. The number of nitrogens with zero attached hydrogens (tertiary/aromatic N) is 1. The zero-order valence-electron chi connectivity index (χ0n) is 9.74. The van der Waals surface area contributed by atoms with Crippen LogP contribution in [-0.4, -0.2) is 10.5 Å². The second-order valence-corrected chi connectivity index (χ2v) is 5.38. The molecule has 80 valence electrons. The minimum atomic E-state index is 0.0928.